The van der Waals surface area contributed by atoms with Crippen LogP contribution >= 0.6 is 11.6 Å². The van der Waals surface area contributed by atoms with E-state index in [9.17, 15) is 9.59 Å². The zero-order valence-electron chi connectivity index (χ0n) is 11.1. The molecule has 0 aliphatic heterocycles. The van der Waals surface area contributed by atoms with Crippen molar-refractivity contribution in [2.45, 2.75) is 19.4 Å². The lowest BCUT2D eigenvalue weighted by Gasteiger charge is -2.04. The third-order valence-corrected chi connectivity index (χ3v) is 3.16. The van der Waals surface area contributed by atoms with Gasteiger partial charge in [-0.15, -0.1) is 0 Å². The van der Waals surface area contributed by atoms with Crippen LogP contribution in [0.25, 0.3) is 0 Å². The molecule has 0 aliphatic carbocycles. The number of anilines is 1. The predicted octanol–water partition coefficient (Wildman–Crippen LogP) is 2.19. The minimum absolute atomic E-state index is 0.176. The number of hydrogen-bond acceptors (Lipinski definition) is 3. The molecule has 1 heterocycles. The van der Waals surface area contributed by atoms with Crippen molar-refractivity contribution in [3.63, 3.8) is 0 Å². The molecule has 2 aromatic rings. The van der Waals surface area contributed by atoms with Gasteiger partial charge in [-0.05, 0) is 18.1 Å². The molecule has 0 saturated carbocycles. The van der Waals surface area contributed by atoms with Gasteiger partial charge in [0.2, 0.25) is 5.91 Å². The molecule has 0 saturated heterocycles. The summed E-state index contributed by atoms with van der Waals surface area (Å²) in [5.74, 6) is -1.17. The maximum absolute atomic E-state index is 11.8. The summed E-state index contributed by atoms with van der Waals surface area (Å²) in [5.41, 5.74) is 1.39. The fraction of sp³-hybridized carbons (Fsp3) is 0.214. The summed E-state index contributed by atoms with van der Waals surface area (Å²) < 4.78 is 1.24. The highest BCUT2D eigenvalue weighted by Gasteiger charge is 2.08. The average molecular weight is 308 g/mol. The number of halogens is 1. The molecule has 110 valence electrons. The Morgan fingerprint density at radius 3 is 2.81 bits per heavy atom. The summed E-state index contributed by atoms with van der Waals surface area (Å²) in [6.07, 6.45) is 3.71. The van der Waals surface area contributed by atoms with Gasteiger partial charge in [-0.2, -0.15) is 5.10 Å². The largest absolute Gasteiger partial charge is 0.480 e. The number of aromatic nitrogens is 2. The Morgan fingerprint density at radius 2 is 2.10 bits per heavy atom. The molecule has 0 radical (unpaired) electrons. The first kappa shape index (κ1) is 15.1. The van der Waals surface area contributed by atoms with Crippen molar-refractivity contribution in [1.29, 1.82) is 0 Å². The molecule has 1 aromatic carbocycles. The van der Waals surface area contributed by atoms with E-state index in [-0.39, 0.29) is 18.9 Å². The zero-order valence-corrected chi connectivity index (χ0v) is 11.9. The minimum atomic E-state index is -0.991. The van der Waals surface area contributed by atoms with Crippen LogP contribution in [0.4, 0.5) is 5.69 Å². The zero-order chi connectivity index (χ0) is 15.2. The van der Waals surface area contributed by atoms with E-state index in [0.717, 1.165) is 5.56 Å². The van der Waals surface area contributed by atoms with E-state index in [0.29, 0.717) is 17.1 Å². The van der Waals surface area contributed by atoms with Gasteiger partial charge in [0.1, 0.15) is 6.54 Å². The first-order valence-corrected chi connectivity index (χ1v) is 6.70. The molecule has 0 bridgehead atoms. The number of aliphatic carboxylic acids is 1. The summed E-state index contributed by atoms with van der Waals surface area (Å²) in [7, 11) is 0. The highest BCUT2D eigenvalue weighted by Crippen LogP contribution is 2.16. The van der Waals surface area contributed by atoms with Gasteiger partial charge in [0.25, 0.3) is 0 Å². The summed E-state index contributed by atoms with van der Waals surface area (Å²) in [5, 5.41) is 15.8. The number of aryl methyl sites for hydroxylation is 1. The molecule has 1 aromatic heterocycles. The van der Waals surface area contributed by atoms with E-state index in [1.807, 2.05) is 18.2 Å². The summed E-state index contributed by atoms with van der Waals surface area (Å²) in [4.78, 5) is 22.4. The molecule has 0 spiro atoms. The molecule has 7 heteroatoms. The van der Waals surface area contributed by atoms with Crippen LogP contribution in [0.15, 0.2) is 36.7 Å². The number of carboxylic acid groups (broad SMARTS) is 1. The van der Waals surface area contributed by atoms with Crippen molar-refractivity contribution in [3.05, 3.63) is 47.2 Å². The maximum atomic E-state index is 11.8. The van der Waals surface area contributed by atoms with Gasteiger partial charge in [0, 0.05) is 17.6 Å². The maximum Gasteiger partial charge on any atom is 0.325 e. The first-order chi connectivity index (χ1) is 10.0. The van der Waals surface area contributed by atoms with Crippen LogP contribution in [0.5, 0.6) is 0 Å². The molecule has 2 N–H and O–H groups in total. The van der Waals surface area contributed by atoms with Gasteiger partial charge in [-0.1, -0.05) is 29.8 Å². The van der Waals surface area contributed by atoms with Gasteiger partial charge in [0.05, 0.1) is 11.9 Å². The Kier molecular flexibility index (Phi) is 4.94. The number of carbonyl (C=O) groups excluding carboxylic acids is 1. The van der Waals surface area contributed by atoms with Gasteiger partial charge in [-0.25, -0.2) is 0 Å². The molecule has 21 heavy (non-hydrogen) atoms. The Balaban J connectivity index is 1.86. The van der Waals surface area contributed by atoms with Gasteiger partial charge in [-0.3, -0.25) is 14.3 Å². The van der Waals surface area contributed by atoms with Crippen LogP contribution in [-0.4, -0.2) is 26.8 Å². The van der Waals surface area contributed by atoms with E-state index >= 15 is 0 Å². The third-order valence-electron chi connectivity index (χ3n) is 2.79. The molecule has 0 unspecified atom stereocenters. The smallest absolute Gasteiger partial charge is 0.325 e. The number of nitrogens with one attached hydrogen (secondary N) is 1. The first-order valence-electron chi connectivity index (χ1n) is 6.32. The van der Waals surface area contributed by atoms with Crippen molar-refractivity contribution in [2.75, 3.05) is 5.32 Å². The molecule has 2 rings (SSSR count). The highest BCUT2D eigenvalue weighted by molar-refractivity contribution is 6.31. The van der Waals surface area contributed by atoms with Crippen molar-refractivity contribution in [2.24, 2.45) is 0 Å². The molecule has 0 fully saturated rings. The third kappa shape index (κ3) is 4.61. The molecular formula is C14H14ClN3O3. The number of carboxylic acids is 1. The Bertz CT molecular complexity index is 654. The van der Waals surface area contributed by atoms with Crippen LogP contribution in [-0.2, 0) is 22.6 Å². The van der Waals surface area contributed by atoms with Gasteiger partial charge >= 0.3 is 5.97 Å². The molecule has 1 amide bonds. The lowest BCUT2D eigenvalue weighted by Crippen LogP contribution is -2.12. The normalized spacial score (nSPS) is 10.3. The molecule has 6 nitrogen and oxygen atoms in total. The summed E-state index contributed by atoms with van der Waals surface area (Å²) in [6.45, 7) is -0.241. The minimum Gasteiger partial charge on any atom is -0.480 e. The number of benzene rings is 1. The summed E-state index contributed by atoms with van der Waals surface area (Å²) in [6, 6.07) is 7.36. The van der Waals surface area contributed by atoms with Crippen LogP contribution in [0.3, 0.4) is 0 Å². The summed E-state index contributed by atoms with van der Waals surface area (Å²) >= 11 is 6.02. The molecular weight excluding hydrogens is 294 g/mol. The fourth-order valence-corrected chi connectivity index (χ4v) is 2.06. The van der Waals surface area contributed by atoms with E-state index < -0.39 is 5.97 Å². The SMILES string of the molecule is O=C(O)Cn1cc(NC(=O)CCc2ccccc2Cl)cn1. The van der Waals surface area contributed by atoms with Gasteiger partial charge in [0.15, 0.2) is 0 Å². The number of hydrogen-bond donors (Lipinski definition) is 2. The van der Waals surface area contributed by atoms with Gasteiger partial charge < -0.3 is 10.4 Å². The quantitative estimate of drug-likeness (QED) is 0.857. The van der Waals surface area contributed by atoms with Crippen molar-refractivity contribution in [3.8, 4) is 0 Å². The van der Waals surface area contributed by atoms with Crippen LogP contribution in [0, 0.1) is 0 Å². The lowest BCUT2D eigenvalue weighted by molar-refractivity contribution is -0.137. The predicted molar refractivity (Wildman–Crippen MR) is 78.3 cm³/mol. The standard InChI is InChI=1S/C14H14ClN3O3/c15-12-4-2-1-3-10(12)5-6-13(19)17-11-7-16-18(8-11)9-14(20)21/h1-4,7-8H,5-6,9H2,(H,17,19)(H,20,21). The highest BCUT2D eigenvalue weighted by atomic mass is 35.5. The number of carbonyl (C=O) groups is 2. The molecule has 0 atom stereocenters. The van der Waals surface area contributed by atoms with Crippen molar-refractivity contribution >= 4 is 29.2 Å². The Labute approximate surface area is 126 Å². The topological polar surface area (TPSA) is 84.2 Å². The second kappa shape index (κ2) is 6.90. The Morgan fingerprint density at radius 1 is 1.33 bits per heavy atom. The second-order valence-electron chi connectivity index (χ2n) is 4.46. The number of nitrogens with zero attached hydrogens (tertiary/aromatic N) is 2. The van der Waals surface area contributed by atoms with E-state index in [1.165, 1.54) is 17.1 Å². The Hall–Kier alpha value is -2.34. The van der Waals surface area contributed by atoms with Crippen molar-refractivity contribution in [1.82, 2.24) is 9.78 Å². The van der Waals surface area contributed by atoms with E-state index in [1.54, 1.807) is 6.07 Å². The van der Waals surface area contributed by atoms with E-state index in [2.05, 4.69) is 10.4 Å². The van der Waals surface area contributed by atoms with Crippen LogP contribution < -0.4 is 5.32 Å². The second-order valence-corrected chi connectivity index (χ2v) is 4.87. The number of amides is 1. The average Bonchev–Trinajstić information content (AvgIpc) is 2.84. The van der Waals surface area contributed by atoms with Crippen molar-refractivity contribution < 1.29 is 14.7 Å². The fourth-order valence-electron chi connectivity index (χ4n) is 1.83. The number of rotatable bonds is 6. The van der Waals surface area contributed by atoms with E-state index in [4.69, 9.17) is 16.7 Å². The monoisotopic (exact) mass is 307 g/mol. The molecule has 0 aliphatic rings. The van der Waals surface area contributed by atoms with Crippen LogP contribution in [0.1, 0.15) is 12.0 Å². The lowest BCUT2D eigenvalue weighted by atomic mass is 10.1. The van der Waals surface area contributed by atoms with Crippen LogP contribution in [0.2, 0.25) is 5.02 Å².